The van der Waals surface area contributed by atoms with Gasteiger partial charge in [-0.25, -0.2) is 19.7 Å². The zero-order valence-corrected chi connectivity index (χ0v) is 22.0. The van der Waals surface area contributed by atoms with Crippen LogP contribution >= 0.6 is 22.6 Å². The van der Waals surface area contributed by atoms with Crippen LogP contribution in [-0.2, 0) is 16.1 Å². The van der Waals surface area contributed by atoms with Crippen molar-refractivity contribution in [2.75, 3.05) is 16.3 Å². The number of aromatic nitrogens is 4. The van der Waals surface area contributed by atoms with Crippen LogP contribution in [0.5, 0.6) is 0 Å². The molecular weight excluding hydrogens is 563 g/mol. The lowest BCUT2D eigenvalue weighted by atomic mass is 9.90. The molecule has 2 amide bonds. The minimum atomic E-state index is -0.955. The number of ether oxygens (including phenoxy) is 1. The van der Waals surface area contributed by atoms with Gasteiger partial charge in [0.05, 0.1) is 12.4 Å². The second kappa shape index (κ2) is 10.9. The number of benzene rings is 1. The number of nitrogens with one attached hydrogen (secondary N) is 1. The minimum absolute atomic E-state index is 0.00606. The first kappa shape index (κ1) is 25.3. The third-order valence-corrected chi connectivity index (χ3v) is 7.25. The van der Waals surface area contributed by atoms with Crippen molar-refractivity contribution in [2.24, 2.45) is 17.8 Å². The second-order valence-corrected chi connectivity index (χ2v) is 9.96. The van der Waals surface area contributed by atoms with E-state index in [1.807, 2.05) is 48.7 Å². The first-order chi connectivity index (χ1) is 16.8. The lowest BCUT2D eigenvalue weighted by molar-refractivity contribution is -0.118. The summed E-state index contributed by atoms with van der Waals surface area (Å²) in [6.45, 7) is 6.36. The molecule has 186 valence electrons. The van der Waals surface area contributed by atoms with Crippen LogP contribution < -0.4 is 5.32 Å². The van der Waals surface area contributed by atoms with Gasteiger partial charge in [-0.15, -0.1) is 0 Å². The van der Waals surface area contributed by atoms with Crippen molar-refractivity contribution >= 4 is 51.6 Å². The molecular formula is C24H29IN6O4. The molecule has 35 heavy (non-hydrogen) atoms. The molecule has 3 heterocycles. The molecule has 0 aliphatic carbocycles. The third kappa shape index (κ3) is 5.40. The molecule has 1 saturated heterocycles. The van der Waals surface area contributed by atoms with Crippen LogP contribution in [0.2, 0.25) is 0 Å². The van der Waals surface area contributed by atoms with E-state index in [0.29, 0.717) is 30.1 Å². The van der Waals surface area contributed by atoms with Crippen LogP contribution in [0.25, 0.3) is 11.2 Å². The standard InChI is InChI=1S/C24H29IN6O4/c1-14(2)22(32)29-20-19-21(27-12-26-20)31(13-28-19)23-15(3)17(18(9-25)35-23)11-30(24(33)34)10-16-7-5-4-6-8-16/h4-8,12-15,17-18,23H,9-11H2,1-3H3,(H,33,34)(H,26,27,29,32)/t15-,17+,18-,23-/m1/s1. The SMILES string of the molecule is CC(C)C(=O)Nc1ncnc2c1ncn2[C@@H]1O[C@H](CI)[C@@H](CN(Cc2ccccc2)C(=O)O)[C@H]1C. The Labute approximate surface area is 217 Å². The molecule has 0 unspecified atom stereocenters. The van der Waals surface area contributed by atoms with E-state index in [1.54, 1.807) is 6.33 Å². The first-order valence-corrected chi connectivity index (χ1v) is 13.0. The van der Waals surface area contributed by atoms with Crippen molar-refractivity contribution in [2.45, 2.75) is 39.6 Å². The Morgan fingerprint density at radius 1 is 1.23 bits per heavy atom. The molecule has 0 bridgehead atoms. The number of amides is 2. The number of carbonyl (C=O) groups is 2. The van der Waals surface area contributed by atoms with Crippen molar-refractivity contribution in [1.82, 2.24) is 24.4 Å². The molecule has 10 nitrogen and oxygen atoms in total. The highest BCUT2D eigenvalue weighted by molar-refractivity contribution is 14.1. The van der Waals surface area contributed by atoms with Gasteiger partial charge in [-0.1, -0.05) is 73.7 Å². The largest absolute Gasteiger partial charge is 0.465 e. The second-order valence-electron chi connectivity index (χ2n) is 9.08. The normalized spacial score (nSPS) is 22.0. The van der Waals surface area contributed by atoms with E-state index < -0.39 is 6.09 Å². The summed E-state index contributed by atoms with van der Waals surface area (Å²) in [7, 11) is 0. The first-order valence-electron chi connectivity index (χ1n) is 11.5. The van der Waals surface area contributed by atoms with E-state index in [9.17, 15) is 14.7 Å². The van der Waals surface area contributed by atoms with Gasteiger partial charge >= 0.3 is 6.09 Å². The molecule has 1 aliphatic rings. The van der Waals surface area contributed by atoms with E-state index in [4.69, 9.17) is 4.74 Å². The zero-order valence-electron chi connectivity index (χ0n) is 19.8. The maximum absolute atomic E-state index is 12.2. The summed E-state index contributed by atoms with van der Waals surface area (Å²) >= 11 is 2.28. The molecule has 1 aromatic carbocycles. The number of hydrogen-bond donors (Lipinski definition) is 2. The van der Waals surface area contributed by atoms with Crippen LogP contribution in [0.1, 0.15) is 32.6 Å². The molecule has 1 fully saturated rings. The van der Waals surface area contributed by atoms with Gasteiger partial charge in [-0.2, -0.15) is 0 Å². The maximum atomic E-state index is 12.2. The Balaban J connectivity index is 1.58. The fourth-order valence-electron chi connectivity index (χ4n) is 4.37. The molecule has 2 aromatic heterocycles. The summed E-state index contributed by atoms with van der Waals surface area (Å²) in [6.07, 6.45) is 1.59. The summed E-state index contributed by atoms with van der Waals surface area (Å²) in [5, 5.41) is 12.7. The predicted octanol–water partition coefficient (Wildman–Crippen LogP) is 4.19. The van der Waals surface area contributed by atoms with E-state index in [-0.39, 0.29) is 36.0 Å². The summed E-state index contributed by atoms with van der Waals surface area (Å²) < 4.78 is 9.00. The van der Waals surface area contributed by atoms with Gasteiger partial charge in [0.15, 0.2) is 17.0 Å². The van der Waals surface area contributed by atoms with Crippen molar-refractivity contribution in [3.05, 3.63) is 48.5 Å². The molecule has 3 aromatic rings. The topological polar surface area (TPSA) is 122 Å². The van der Waals surface area contributed by atoms with Crippen molar-refractivity contribution in [1.29, 1.82) is 0 Å². The molecule has 0 radical (unpaired) electrons. The molecule has 1 aliphatic heterocycles. The summed E-state index contributed by atoms with van der Waals surface area (Å²) in [5.41, 5.74) is 1.99. The number of anilines is 1. The summed E-state index contributed by atoms with van der Waals surface area (Å²) in [5.74, 6) is -0.00893. The quantitative estimate of drug-likeness (QED) is 0.297. The average Bonchev–Trinajstić information content (AvgIpc) is 3.40. The van der Waals surface area contributed by atoms with Crippen LogP contribution in [0.15, 0.2) is 43.0 Å². The van der Waals surface area contributed by atoms with Gasteiger partial charge in [0.2, 0.25) is 5.91 Å². The van der Waals surface area contributed by atoms with Gasteiger partial charge in [0.25, 0.3) is 0 Å². The molecule has 4 atom stereocenters. The zero-order chi connectivity index (χ0) is 25.1. The third-order valence-electron chi connectivity index (χ3n) is 6.39. The van der Waals surface area contributed by atoms with Gasteiger partial charge in [0, 0.05) is 35.3 Å². The minimum Gasteiger partial charge on any atom is -0.465 e. The predicted molar refractivity (Wildman–Crippen MR) is 139 cm³/mol. The van der Waals surface area contributed by atoms with E-state index in [2.05, 4.69) is 49.8 Å². The van der Waals surface area contributed by atoms with Crippen molar-refractivity contribution < 1.29 is 19.4 Å². The highest BCUT2D eigenvalue weighted by atomic mass is 127. The van der Waals surface area contributed by atoms with Crippen LogP contribution in [0, 0.1) is 17.8 Å². The van der Waals surface area contributed by atoms with Crippen LogP contribution in [0.4, 0.5) is 10.6 Å². The molecule has 4 rings (SSSR count). The Kier molecular flexibility index (Phi) is 7.85. The average molecular weight is 592 g/mol. The van der Waals surface area contributed by atoms with Crippen molar-refractivity contribution in [3.8, 4) is 0 Å². The lowest BCUT2D eigenvalue weighted by Crippen LogP contribution is -2.38. The van der Waals surface area contributed by atoms with Gasteiger partial charge in [-0.3, -0.25) is 9.36 Å². The Bertz CT molecular complexity index is 1190. The lowest BCUT2D eigenvalue weighted by Gasteiger charge is -2.27. The number of carbonyl (C=O) groups excluding carboxylic acids is 1. The number of alkyl halides is 1. The van der Waals surface area contributed by atoms with E-state index in [1.165, 1.54) is 11.2 Å². The maximum Gasteiger partial charge on any atom is 0.407 e. The highest BCUT2D eigenvalue weighted by Crippen LogP contribution is 2.41. The van der Waals surface area contributed by atoms with Crippen LogP contribution in [0.3, 0.4) is 0 Å². The van der Waals surface area contributed by atoms with Gasteiger partial charge in [-0.05, 0) is 5.56 Å². The number of hydrogen-bond acceptors (Lipinski definition) is 6. The summed E-state index contributed by atoms with van der Waals surface area (Å²) in [6, 6.07) is 9.58. The number of nitrogens with zero attached hydrogens (tertiary/aromatic N) is 5. The van der Waals surface area contributed by atoms with E-state index >= 15 is 0 Å². The molecule has 11 heteroatoms. The smallest absolute Gasteiger partial charge is 0.407 e. The number of imidazole rings is 1. The highest BCUT2D eigenvalue weighted by Gasteiger charge is 2.44. The number of fused-ring (bicyclic) bond motifs is 1. The Morgan fingerprint density at radius 3 is 2.63 bits per heavy atom. The fraction of sp³-hybridized carbons (Fsp3) is 0.458. The summed E-state index contributed by atoms with van der Waals surface area (Å²) in [4.78, 5) is 38.8. The Morgan fingerprint density at radius 2 is 1.97 bits per heavy atom. The number of halogens is 1. The van der Waals surface area contributed by atoms with Gasteiger partial charge in [0.1, 0.15) is 12.6 Å². The van der Waals surface area contributed by atoms with Crippen molar-refractivity contribution in [3.63, 3.8) is 0 Å². The molecule has 0 saturated carbocycles. The number of carboxylic acid groups (broad SMARTS) is 1. The molecule has 2 N–H and O–H groups in total. The van der Waals surface area contributed by atoms with Gasteiger partial charge < -0.3 is 20.1 Å². The monoisotopic (exact) mass is 592 g/mol. The number of rotatable bonds is 8. The fourth-order valence-corrected chi connectivity index (χ4v) is 5.23. The van der Waals surface area contributed by atoms with E-state index in [0.717, 1.165) is 9.99 Å². The van der Waals surface area contributed by atoms with Crippen LogP contribution in [-0.4, -0.2) is 58.6 Å². The Hall–Kier alpha value is -2.80. The molecule has 0 spiro atoms.